The molecule has 0 radical (unpaired) electrons. The number of piperazine rings is 1. The van der Waals surface area contributed by atoms with Gasteiger partial charge in [-0.05, 0) is 29.8 Å². The molecule has 0 saturated carbocycles. The van der Waals surface area contributed by atoms with Crippen LogP contribution >= 0.6 is 11.6 Å². The van der Waals surface area contributed by atoms with Crippen molar-refractivity contribution in [3.05, 3.63) is 53.6 Å². The molecular formula is C17H20ClN2+. The molecule has 3 rings (SSSR count). The third-order valence-electron chi connectivity index (χ3n) is 4.21. The second kappa shape index (κ2) is 5.57. The van der Waals surface area contributed by atoms with Crippen LogP contribution in [0.3, 0.4) is 0 Å². The van der Waals surface area contributed by atoms with E-state index in [9.17, 15) is 0 Å². The Bertz CT molecular complexity index is 586. The third kappa shape index (κ3) is 2.59. The first-order valence-electron chi connectivity index (χ1n) is 7.10. The minimum atomic E-state index is 0.786. The van der Waals surface area contributed by atoms with E-state index in [1.54, 1.807) is 0 Å². The third-order valence-corrected chi connectivity index (χ3v) is 4.46. The van der Waals surface area contributed by atoms with Gasteiger partial charge in [-0.1, -0.05) is 35.9 Å². The average molecular weight is 288 g/mol. The molecule has 1 aliphatic heterocycles. The van der Waals surface area contributed by atoms with Crippen LogP contribution in [0.1, 0.15) is 0 Å². The van der Waals surface area contributed by atoms with Gasteiger partial charge in [-0.3, -0.25) is 4.48 Å². The molecule has 2 aromatic carbocycles. The van der Waals surface area contributed by atoms with Crippen LogP contribution in [0.15, 0.2) is 48.5 Å². The minimum Gasteiger partial charge on any atom is -0.306 e. The fourth-order valence-electron chi connectivity index (χ4n) is 2.95. The van der Waals surface area contributed by atoms with Crippen LogP contribution in [-0.4, -0.2) is 33.2 Å². The van der Waals surface area contributed by atoms with E-state index in [2.05, 4.69) is 48.8 Å². The number of nitrogens with one attached hydrogen (secondary N) is 1. The van der Waals surface area contributed by atoms with Crippen molar-refractivity contribution < 1.29 is 0 Å². The summed E-state index contributed by atoms with van der Waals surface area (Å²) < 4.78 is 0.992. The quantitative estimate of drug-likeness (QED) is 0.833. The Morgan fingerprint density at radius 3 is 2.30 bits per heavy atom. The molecule has 0 atom stereocenters. The summed E-state index contributed by atoms with van der Waals surface area (Å²) in [6.45, 7) is 4.41. The zero-order valence-electron chi connectivity index (χ0n) is 11.8. The van der Waals surface area contributed by atoms with E-state index in [4.69, 9.17) is 11.6 Å². The summed E-state index contributed by atoms with van der Waals surface area (Å²) in [6, 6.07) is 16.9. The highest BCUT2D eigenvalue weighted by atomic mass is 35.5. The van der Waals surface area contributed by atoms with Crippen molar-refractivity contribution in [2.24, 2.45) is 0 Å². The lowest BCUT2D eigenvalue weighted by Crippen LogP contribution is -2.57. The Hall–Kier alpha value is -1.35. The van der Waals surface area contributed by atoms with E-state index < -0.39 is 0 Å². The molecule has 0 spiro atoms. The molecule has 0 bridgehead atoms. The largest absolute Gasteiger partial charge is 0.306 e. The van der Waals surface area contributed by atoms with Gasteiger partial charge in [0.1, 0.15) is 5.69 Å². The predicted octanol–water partition coefficient (Wildman–Crippen LogP) is 3.55. The summed E-state index contributed by atoms with van der Waals surface area (Å²) in [5, 5.41) is 4.23. The van der Waals surface area contributed by atoms with Gasteiger partial charge in [0.2, 0.25) is 0 Å². The molecule has 1 aliphatic rings. The number of rotatable bonds is 2. The number of benzene rings is 2. The van der Waals surface area contributed by atoms with Crippen molar-refractivity contribution in [2.45, 2.75) is 0 Å². The Kier molecular flexibility index (Phi) is 3.79. The van der Waals surface area contributed by atoms with Crippen LogP contribution in [-0.2, 0) is 0 Å². The van der Waals surface area contributed by atoms with Gasteiger partial charge in [0.15, 0.2) is 0 Å². The van der Waals surface area contributed by atoms with Crippen LogP contribution in [0.4, 0.5) is 5.69 Å². The van der Waals surface area contributed by atoms with Crippen molar-refractivity contribution in [1.29, 1.82) is 0 Å². The molecule has 0 unspecified atom stereocenters. The van der Waals surface area contributed by atoms with Gasteiger partial charge >= 0.3 is 0 Å². The van der Waals surface area contributed by atoms with E-state index >= 15 is 0 Å². The maximum atomic E-state index is 6.00. The van der Waals surface area contributed by atoms with Crippen LogP contribution in [0.2, 0.25) is 5.02 Å². The molecule has 3 heteroatoms. The Balaban J connectivity index is 2.06. The predicted molar refractivity (Wildman–Crippen MR) is 87.2 cm³/mol. The van der Waals surface area contributed by atoms with Crippen LogP contribution in [0.25, 0.3) is 11.1 Å². The fourth-order valence-corrected chi connectivity index (χ4v) is 3.07. The SMILES string of the molecule is C[N+]1(c2ccccc2-c2ccc(Cl)cc2)CCNCC1. The molecule has 20 heavy (non-hydrogen) atoms. The van der Waals surface area contributed by atoms with Gasteiger partial charge < -0.3 is 5.32 Å². The second-order valence-corrected chi connectivity index (χ2v) is 6.05. The molecule has 0 aliphatic carbocycles. The van der Waals surface area contributed by atoms with E-state index in [1.807, 2.05) is 12.1 Å². The maximum Gasteiger partial charge on any atom is 0.140 e. The number of halogens is 1. The van der Waals surface area contributed by atoms with Crippen LogP contribution in [0, 0.1) is 0 Å². The molecule has 1 saturated heterocycles. The number of para-hydroxylation sites is 1. The molecule has 2 nitrogen and oxygen atoms in total. The molecule has 1 N–H and O–H groups in total. The lowest BCUT2D eigenvalue weighted by atomic mass is 10.0. The first-order valence-corrected chi connectivity index (χ1v) is 7.48. The smallest absolute Gasteiger partial charge is 0.140 e. The normalized spacial score (nSPS) is 17.9. The summed E-state index contributed by atoms with van der Waals surface area (Å²) in [6.07, 6.45) is 0. The van der Waals surface area contributed by atoms with E-state index in [-0.39, 0.29) is 0 Å². The molecule has 0 amide bonds. The number of quaternary nitrogens is 1. The lowest BCUT2D eigenvalue weighted by Gasteiger charge is -2.38. The van der Waals surface area contributed by atoms with Gasteiger partial charge in [-0.2, -0.15) is 0 Å². The topological polar surface area (TPSA) is 12.0 Å². The van der Waals surface area contributed by atoms with E-state index in [0.717, 1.165) is 35.7 Å². The number of hydrogen-bond acceptors (Lipinski definition) is 1. The molecule has 0 aromatic heterocycles. The van der Waals surface area contributed by atoms with Gasteiger partial charge in [-0.15, -0.1) is 0 Å². The van der Waals surface area contributed by atoms with Crippen molar-refractivity contribution >= 4 is 17.3 Å². The zero-order chi connectivity index (χ0) is 14.0. The molecule has 2 aromatic rings. The van der Waals surface area contributed by atoms with Crippen molar-refractivity contribution in [3.8, 4) is 11.1 Å². The van der Waals surface area contributed by atoms with Gasteiger partial charge in [0.05, 0.1) is 20.1 Å². The fraction of sp³-hybridized carbons (Fsp3) is 0.294. The highest BCUT2D eigenvalue weighted by molar-refractivity contribution is 6.30. The highest BCUT2D eigenvalue weighted by Gasteiger charge is 2.29. The summed E-state index contributed by atoms with van der Waals surface area (Å²) in [4.78, 5) is 0. The second-order valence-electron chi connectivity index (χ2n) is 5.62. The lowest BCUT2D eigenvalue weighted by molar-refractivity contribution is 0.289. The van der Waals surface area contributed by atoms with E-state index in [0.29, 0.717) is 0 Å². The number of hydrogen-bond donors (Lipinski definition) is 1. The van der Waals surface area contributed by atoms with Crippen molar-refractivity contribution in [1.82, 2.24) is 9.80 Å². The Labute approximate surface area is 125 Å². The Morgan fingerprint density at radius 1 is 0.950 bits per heavy atom. The molecule has 1 fully saturated rings. The maximum absolute atomic E-state index is 6.00. The summed E-state index contributed by atoms with van der Waals surface area (Å²) in [5.41, 5.74) is 3.95. The first kappa shape index (κ1) is 13.6. The van der Waals surface area contributed by atoms with E-state index in [1.165, 1.54) is 16.8 Å². The molecule has 1 heterocycles. The first-order chi connectivity index (χ1) is 9.69. The summed E-state index contributed by atoms with van der Waals surface area (Å²) >= 11 is 6.00. The molecule has 104 valence electrons. The van der Waals surface area contributed by atoms with Crippen molar-refractivity contribution in [3.63, 3.8) is 0 Å². The van der Waals surface area contributed by atoms with Gasteiger partial charge in [0, 0.05) is 23.7 Å². The van der Waals surface area contributed by atoms with Crippen LogP contribution in [0.5, 0.6) is 0 Å². The monoisotopic (exact) mass is 287 g/mol. The Morgan fingerprint density at radius 2 is 1.60 bits per heavy atom. The average Bonchev–Trinajstić information content (AvgIpc) is 2.49. The number of nitrogens with zero attached hydrogens (tertiary/aromatic N) is 1. The summed E-state index contributed by atoms with van der Waals surface area (Å²) in [7, 11) is 2.33. The van der Waals surface area contributed by atoms with Crippen molar-refractivity contribution in [2.75, 3.05) is 33.2 Å². The number of likely N-dealkylation sites (N-methyl/N-ethyl adjacent to an activating group) is 1. The van der Waals surface area contributed by atoms with Gasteiger partial charge in [0.25, 0.3) is 0 Å². The van der Waals surface area contributed by atoms with Crippen LogP contribution < -0.4 is 9.80 Å². The highest BCUT2D eigenvalue weighted by Crippen LogP contribution is 2.34. The van der Waals surface area contributed by atoms with Gasteiger partial charge in [-0.25, -0.2) is 0 Å². The zero-order valence-corrected chi connectivity index (χ0v) is 12.5. The summed E-state index contributed by atoms with van der Waals surface area (Å²) in [5.74, 6) is 0. The standard InChI is InChI=1S/C17H20ClN2/c1-20(12-10-19-11-13-20)17-5-3-2-4-16(17)14-6-8-15(18)9-7-14/h2-9,19H,10-13H2,1H3/q+1. The molecular weight excluding hydrogens is 268 g/mol. The minimum absolute atomic E-state index is 0.786.